The van der Waals surface area contributed by atoms with Crippen molar-refractivity contribution >= 4 is 0 Å². The van der Waals surface area contributed by atoms with Gasteiger partial charge in [-0.2, -0.15) is 0 Å². The fourth-order valence-electron chi connectivity index (χ4n) is 2.60. The van der Waals surface area contributed by atoms with Crippen LogP contribution in [0.5, 0.6) is 0 Å². The summed E-state index contributed by atoms with van der Waals surface area (Å²) in [6.45, 7) is 2.24. The summed E-state index contributed by atoms with van der Waals surface area (Å²) >= 11 is 0. The van der Waals surface area contributed by atoms with Gasteiger partial charge in [-0.25, -0.2) is 0 Å². The highest BCUT2D eigenvalue weighted by Gasteiger charge is 2.27. The van der Waals surface area contributed by atoms with E-state index in [9.17, 15) is 0 Å². The standard InChI is InChI=1S/C14H22N2/c1-2-6-12-9-10-13(15)14(16-12)11-7-4-3-5-8-11/h3-5,7-8,12-14,16H,2,6,9-10,15H2,1H3/t12-,13-,14+/m1/s1. The SMILES string of the molecule is CCC[C@@H]1CC[C@@H](N)[C@H](c2ccccc2)N1. The van der Waals surface area contributed by atoms with Crippen LogP contribution >= 0.6 is 0 Å². The molecule has 0 radical (unpaired) electrons. The maximum Gasteiger partial charge on any atom is 0.0475 e. The van der Waals surface area contributed by atoms with Crippen LogP contribution in [0.3, 0.4) is 0 Å². The third-order valence-electron chi connectivity index (χ3n) is 3.49. The summed E-state index contributed by atoms with van der Waals surface area (Å²) in [7, 11) is 0. The minimum absolute atomic E-state index is 0.260. The highest BCUT2D eigenvalue weighted by atomic mass is 15.0. The molecule has 2 rings (SSSR count). The van der Waals surface area contributed by atoms with Gasteiger partial charge in [-0.05, 0) is 24.8 Å². The van der Waals surface area contributed by atoms with Crippen molar-refractivity contribution in [1.82, 2.24) is 5.32 Å². The Balaban J connectivity index is 2.07. The summed E-state index contributed by atoms with van der Waals surface area (Å²) in [5.74, 6) is 0. The van der Waals surface area contributed by atoms with Crippen molar-refractivity contribution in [3.8, 4) is 0 Å². The second kappa shape index (κ2) is 5.46. The van der Waals surface area contributed by atoms with Crippen LogP contribution in [0, 0.1) is 0 Å². The van der Waals surface area contributed by atoms with E-state index in [1.54, 1.807) is 0 Å². The molecule has 0 saturated carbocycles. The highest BCUT2D eigenvalue weighted by Crippen LogP contribution is 2.26. The lowest BCUT2D eigenvalue weighted by Gasteiger charge is -2.36. The summed E-state index contributed by atoms with van der Waals surface area (Å²) < 4.78 is 0. The molecule has 0 spiro atoms. The fourth-order valence-corrected chi connectivity index (χ4v) is 2.60. The van der Waals surface area contributed by atoms with Gasteiger partial charge in [0.05, 0.1) is 0 Å². The molecule has 88 valence electrons. The van der Waals surface area contributed by atoms with Crippen molar-refractivity contribution in [3.63, 3.8) is 0 Å². The lowest BCUT2D eigenvalue weighted by molar-refractivity contribution is 0.277. The molecule has 3 atom stereocenters. The first kappa shape index (κ1) is 11.6. The van der Waals surface area contributed by atoms with Gasteiger partial charge in [0.25, 0.3) is 0 Å². The highest BCUT2D eigenvalue weighted by molar-refractivity contribution is 5.21. The van der Waals surface area contributed by atoms with Crippen LogP contribution < -0.4 is 11.1 Å². The predicted molar refractivity (Wildman–Crippen MR) is 68.2 cm³/mol. The van der Waals surface area contributed by atoms with Gasteiger partial charge < -0.3 is 11.1 Å². The molecule has 2 nitrogen and oxygen atoms in total. The van der Waals surface area contributed by atoms with Gasteiger partial charge in [-0.1, -0.05) is 43.7 Å². The number of hydrogen-bond donors (Lipinski definition) is 2. The Bertz CT molecular complexity index is 310. The zero-order valence-electron chi connectivity index (χ0n) is 10.0. The Morgan fingerprint density at radius 1 is 1.25 bits per heavy atom. The first-order chi connectivity index (χ1) is 7.81. The molecule has 1 aromatic carbocycles. The van der Waals surface area contributed by atoms with Crippen LogP contribution in [0.2, 0.25) is 0 Å². The Morgan fingerprint density at radius 2 is 2.00 bits per heavy atom. The summed E-state index contributed by atoms with van der Waals surface area (Å²) in [4.78, 5) is 0. The van der Waals surface area contributed by atoms with E-state index in [2.05, 4.69) is 42.6 Å². The smallest absolute Gasteiger partial charge is 0.0475 e. The monoisotopic (exact) mass is 218 g/mol. The summed E-state index contributed by atoms with van der Waals surface area (Å²) in [5.41, 5.74) is 7.54. The van der Waals surface area contributed by atoms with Gasteiger partial charge in [0.15, 0.2) is 0 Å². The Morgan fingerprint density at radius 3 is 2.69 bits per heavy atom. The van der Waals surface area contributed by atoms with Crippen LogP contribution in [-0.4, -0.2) is 12.1 Å². The summed E-state index contributed by atoms with van der Waals surface area (Å²) in [6.07, 6.45) is 4.86. The third-order valence-corrected chi connectivity index (χ3v) is 3.49. The lowest BCUT2D eigenvalue weighted by atomic mass is 9.88. The summed E-state index contributed by atoms with van der Waals surface area (Å²) in [6, 6.07) is 11.8. The molecule has 1 aromatic rings. The number of piperidine rings is 1. The molecule has 16 heavy (non-hydrogen) atoms. The molecular formula is C14H22N2. The molecule has 1 heterocycles. The normalized spacial score (nSPS) is 30.2. The summed E-state index contributed by atoms with van der Waals surface area (Å²) in [5, 5.41) is 3.70. The first-order valence-corrected chi connectivity index (χ1v) is 6.38. The maximum absolute atomic E-state index is 6.21. The molecule has 0 bridgehead atoms. The van der Waals surface area contributed by atoms with Gasteiger partial charge in [-0.3, -0.25) is 0 Å². The van der Waals surface area contributed by atoms with Crippen molar-refractivity contribution in [2.75, 3.05) is 0 Å². The number of hydrogen-bond acceptors (Lipinski definition) is 2. The molecule has 0 amide bonds. The molecular weight excluding hydrogens is 196 g/mol. The molecule has 1 aliphatic rings. The number of rotatable bonds is 3. The Labute approximate surface area is 98.2 Å². The zero-order valence-corrected chi connectivity index (χ0v) is 10.0. The van der Waals surface area contributed by atoms with Crippen molar-refractivity contribution < 1.29 is 0 Å². The van der Waals surface area contributed by atoms with E-state index in [1.165, 1.54) is 24.8 Å². The van der Waals surface area contributed by atoms with E-state index in [0.717, 1.165) is 6.42 Å². The second-order valence-electron chi connectivity index (χ2n) is 4.78. The quantitative estimate of drug-likeness (QED) is 0.818. The van der Waals surface area contributed by atoms with E-state index in [4.69, 9.17) is 5.73 Å². The predicted octanol–water partition coefficient (Wildman–Crippen LogP) is 2.61. The topological polar surface area (TPSA) is 38.0 Å². The van der Waals surface area contributed by atoms with Crippen molar-refractivity contribution in [3.05, 3.63) is 35.9 Å². The molecule has 1 aliphatic heterocycles. The Kier molecular flexibility index (Phi) is 3.97. The third kappa shape index (κ3) is 2.63. The minimum Gasteiger partial charge on any atom is -0.326 e. The molecule has 0 unspecified atom stereocenters. The lowest BCUT2D eigenvalue weighted by Crippen LogP contribution is -2.48. The van der Waals surface area contributed by atoms with Gasteiger partial charge >= 0.3 is 0 Å². The van der Waals surface area contributed by atoms with E-state index in [-0.39, 0.29) is 6.04 Å². The van der Waals surface area contributed by atoms with Crippen LogP contribution in [-0.2, 0) is 0 Å². The molecule has 1 saturated heterocycles. The molecule has 0 aliphatic carbocycles. The fraction of sp³-hybridized carbons (Fsp3) is 0.571. The second-order valence-corrected chi connectivity index (χ2v) is 4.78. The van der Waals surface area contributed by atoms with E-state index >= 15 is 0 Å². The van der Waals surface area contributed by atoms with Crippen LogP contribution in [0.4, 0.5) is 0 Å². The van der Waals surface area contributed by atoms with E-state index in [0.29, 0.717) is 12.1 Å². The minimum atomic E-state index is 0.260. The van der Waals surface area contributed by atoms with Crippen molar-refractivity contribution in [2.45, 2.75) is 50.7 Å². The Hall–Kier alpha value is -0.860. The molecule has 0 aromatic heterocycles. The van der Waals surface area contributed by atoms with Crippen LogP contribution in [0.15, 0.2) is 30.3 Å². The van der Waals surface area contributed by atoms with E-state index < -0.39 is 0 Å². The molecule has 3 N–H and O–H groups in total. The number of nitrogens with one attached hydrogen (secondary N) is 1. The van der Waals surface area contributed by atoms with Gasteiger partial charge in [0.1, 0.15) is 0 Å². The largest absolute Gasteiger partial charge is 0.326 e. The maximum atomic E-state index is 6.21. The molecule has 1 fully saturated rings. The molecule has 2 heteroatoms. The van der Waals surface area contributed by atoms with Gasteiger partial charge in [0.2, 0.25) is 0 Å². The van der Waals surface area contributed by atoms with Gasteiger partial charge in [-0.15, -0.1) is 0 Å². The van der Waals surface area contributed by atoms with Crippen molar-refractivity contribution in [1.29, 1.82) is 0 Å². The van der Waals surface area contributed by atoms with Crippen molar-refractivity contribution in [2.24, 2.45) is 5.73 Å². The zero-order chi connectivity index (χ0) is 11.4. The van der Waals surface area contributed by atoms with E-state index in [1.807, 2.05) is 0 Å². The van der Waals surface area contributed by atoms with Gasteiger partial charge in [0, 0.05) is 18.1 Å². The van der Waals surface area contributed by atoms with Crippen LogP contribution in [0.25, 0.3) is 0 Å². The number of nitrogens with two attached hydrogens (primary N) is 1. The van der Waals surface area contributed by atoms with Crippen LogP contribution in [0.1, 0.15) is 44.2 Å². The number of benzene rings is 1. The average Bonchev–Trinajstić information content (AvgIpc) is 2.33. The average molecular weight is 218 g/mol. The first-order valence-electron chi connectivity index (χ1n) is 6.38.